The van der Waals surface area contributed by atoms with Crippen molar-refractivity contribution in [1.29, 1.82) is 0 Å². The molecule has 0 aromatic heterocycles. The lowest BCUT2D eigenvalue weighted by Gasteiger charge is -2.22. The van der Waals surface area contributed by atoms with Crippen LogP contribution in [0.2, 0.25) is 5.02 Å². The van der Waals surface area contributed by atoms with E-state index < -0.39 is 0 Å². The van der Waals surface area contributed by atoms with Crippen molar-refractivity contribution in [3.63, 3.8) is 0 Å². The number of carbonyl (C=O) groups is 3. The van der Waals surface area contributed by atoms with Crippen LogP contribution in [0.1, 0.15) is 40.0 Å². The summed E-state index contributed by atoms with van der Waals surface area (Å²) in [6.07, 6.45) is 2.56. The van der Waals surface area contributed by atoms with Gasteiger partial charge in [-0.15, -0.1) is 0 Å². The molecule has 2 aliphatic heterocycles. The molecule has 2 heterocycles. The number of hydrogen-bond donors (Lipinski definition) is 0. The van der Waals surface area contributed by atoms with Crippen molar-refractivity contribution >= 4 is 29.3 Å². The summed E-state index contributed by atoms with van der Waals surface area (Å²) in [6.45, 7) is 1.06. The first-order valence-corrected chi connectivity index (χ1v) is 7.91. The van der Waals surface area contributed by atoms with Gasteiger partial charge in [0.1, 0.15) is 0 Å². The standard InChI is InChI=1S/C16H15ClN2O3/c17-12-3-1-2-11-13(12)16(22)19(15(11)21)10-6-7-18(8-10)14(20)9-4-5-9/h1-3,9-10H,4-8H2. The second-order valence-corrected chi connectivity index (χ2v) is 6.55. The Morgan fingerprint density at radius 1 is 1.14 bits per heavy atom. The lowest BCUT2D eigenvalue weighted by atomic mass is 10.1. The van der Waals surface area contributed by atoms with Gasteiger partial charge in [0.25, 0.3) is 11.8 Å². The van der Waals surface area contributed by atoms with Gasteiger partial charge in [-0.3, -0.25) is 19.3 Å². The Bertz CT molecular complexity index is 699. The lowest BCUT2D eigenvalue weighted by molar-refractivity contribution is -0.131. The Labute approximate surface area is 132 Å². The van der Waals surface area contributed by atoms with E-state index in [1.165, 1.54) is 4.90 Å². The number of likely N-dealkylation sites (tertiary alicyclic amines) is 1. The van der Waals surface area contributed by atoms with E-state index in [1.807, 2.05) is 0 Å². The molecule has 2 fully saturated rings. The van der Waals surface area contributed by atoms with E-state index in [2.05, 4.69) is 0 Å². The van der Waals surface area contributed by atoms with Gasteiger partial charge in [0.15, 0.2) is 0 Å². The molecule has 3 aliphatic rings. The number of halogens is 1. The first-order valence-electron chi connectivity index (χ1n) is 7.53. The molecular formula is C16H15ClN2O3. The minimum Gasteiger partial charge on any atom is -0.340 e. The normalized spacial score (nSPS) is 24.1. The molecule has 1 saturated heterocycles. The van der Waals surface area contributed by atoms with E-state index >= 15 is 0 Å². The Morgan fingerprint density at radius 2 is 1.91 bits per heavy atom. The third-order valence-corrected chi connectivity index (χ3v) is 4.98. The average molecular weight is 319 g/mol. The molecule has 1 unspecified atom stereocenters. The van der Waals surface area contributed by atoms with Crippen LogP contribution in [0.4, 0.5) is 0 Å². The van der Waals surface area contributed by atoms with Crippen LogP contribution in [0.5, 0.6) is 0 Å². The van der Waals surface area contributed by atoms with Gasteiger partial charge in [0.05, 0.1) is 22.2 Å². The van der Waals surface area contributed by atoms with Crippen molar-refractivity contribution in [2.75, 3.05) is 13.1 Å². The molecule has 0 radical (unpaired) electrons. The highest BCUT2D eigenvalue weighted by molar-refractivity contribution is 6.37. The van der Waals surface area contributed by atoms with Gasteiger partial charge < -0.3 is 4.90 Å². The van der Waals surface area contributed by atoms with Crippen molar-refractivity contribution < 1.29 is 14.4 Å². The molecule has 1 aromatic rings. The van der Waals surface area contributed by atoms with Crippen molar-refractivity contribution in [2.45, 2.75) is 25.3 Å². The Morgan fingerprint density at radius 3 is 2.59 bits per heavy atom. The third kappa shape index (κ3) is 1.96. The van der Waals surface area contributed by atoms with E-state index in [0.717, 1.165) is 12.8 Å². The first-order chi connectivity index (χ1) is 10.6. The molecule has 0 bridgehead atoms. The topological polar surface area (TPSA) is 57.7 Å². The maximum absolute atomic E-state index is 12.6. The number of imide groups is 1. The maximum atomic E-state index is 12.6. The fourth-order valence-electron chi connectivity index (χ4n) is 3.34. The van der Waals surface area contributed by atoms with Gasteiger partial charge in [-0.2, -0.15) is 0 Å². The van der Waals surface area contributed by atoms with E-state index in [-0.39, 0.29) is 29.7 Å². The van der Waals surface area contributed by atoms with Crippen molar-refractivity contribution in [3.8, 4) is 0 Å². The molecule has 6 heteroatoms. The molecule has 1 aliphatic carbocycles. The van der Waals surface area contributed by atoms with Crippen molar-refractivity contribution in [2.24, 2.45) is 5.92 Å². The van der Waals surface area contributed by atoms with Gasteiger partial charge in [-0.05, 0) is 31.4 Å². The average Bonchev–Trinajstić information content (AvgIpc) is 3.18. The SMILES string of the molecule is O=C(C1CC1)N1CCC(N2C(=O)c3cccc(Cl)c3C2=O)C1. The quantitative estimate of drug-likeness (QED) is 0.783. The second kappa shape index (κ2) is 4.81. The molecule has 0 N–H and O–H groups in total. The predicted molar refractivity (Wildman–Crippen MR) is 79.7 cm³/mol. The smallest absolute Gasteiger partial charge is 0.263 e. The fraction of sp³-hybridized carbons (Fsp3) is 0.438. The van der Waals surface area contributed by atoms with Gasteiger partial charge >= 0.3 is 0 Å². The first kappa shape index (κ1) is 13.8. The van der Waals surface area contributed by atoms with Crippen LogP contribution in [0.15, 0.2) is 18.2 Å². The summed E-state index contributed by atoms with van der Waals surface area (Å²) < 4.78 is 0. The molecule has 4 rings (SSSR count). The third-order valence-electron chi connectivity index (χ3n) is 4.66. The van der Waals surface area contributed by atoms with E-state index in [0.29, 0.717) is 35.7 Å². The van der Waals surface area contributed by atoms with Crippen LogP contribution in [0.25, 0.3) is 0 Å². The predicted octanol–water partition coefficient (Wildman–Crippen LogP) is 1.95. The van der Waals surface area contributed by atoms with Gasteiger partial charge in [0, 0.05) is 19.0 Å². The highest BCUT2D eigenvalue weighted by atomic mass is 35.5. The molecule has 3 amide bonds. The summed E-state index contributed by atoms with van der Waals surface area (Å²) in [5, 5.41) is 0.308. The zero-order chi connectivity index (χ0) is 15.4. The van der Waals surface area contributed by atoms with Gasteiger partial charge in [-0.1, -0.05) is 17.7 Å². The summed E-state index contributed by atoms with van der Waals surface area (Å²) in [7, 11) is 0. The summed E-state index contributed by atoms with van der Waals surface area (Å²) in [4.78, 5) is 40.3. The van der Waals surface area contributed by atoms with E-state index in [9.17, 15) is 14.4 Å². The van der Waals surface area contributed by atoms with E-state index in [1.54, 1.807) is 23.1 Å². The summed E-state index contributed by atoms with van der Waals surface area (Å²) in [6, 6.07) is 4.68. The number of hydrogen-bond acceptors (Lipinski definition) is 3. The van der Waals surface area contributed by atoms with E-state index in [4.69, 9.17) is 11.6 Å². The van der Waals surface area contributed by atoms with Crippen molar-refractivity contribution in [1.82, 2.24) is 9.80 Å². The highest BCUT2D eigenvalue weighted by Gasteiger charge is 2.45. The number of nitrogens with zero attached hydrogens (tertiary/aromatic N) is 2. The molecular weight excluding hydrogens is 304 g/mol. The molecule has 1 aromatic carbocycles. The monoisotopic (exact) mass is 318 g/mol. The minimum absolute atomic E-state index is 0.162. The second-order valence-electron chi connectivity index (χ2n) is 6.14. The van der Waals surface area contributed by atoms with Crippen LogP contribution >= 0.6 is 11.6 Å². The highest BCUT2D eigenvalue weighted by Crippen LogP contribution is 2.35. The summed E-state index contributed by atoms with van der Waals surface area (Å²) in [5.41, 5.74) is 0.658. The van der Waals surface area contributed by atoms with Crippen LogP contribution in [0.3, 0.4) is 0 Å². The minimum atomic E-state index is -0.337. The summed E-state index contributed by atoms with van der Waals surface area (Å²) in [5.74, 6) is -0.308. The molecule has 1 atom stereocenters. The molecule has 22 heavy (non-hydrogen) atoms. The van der Waals surface area contributed by atoms with Crippen LogP contribution in [-0.4, -0.2) is 46.7 Å². The summed E-state index contributed by atoms with van der Waals surface area (Å²) >= 11 is 6.07. The Hall–Kier alpha value is -1.88. The Balaban J connectivity index is 1.57. The number of carbonyl (C=O) groups excluding carboxylic acids is 3. The van der Waals surface area contributed by atoms with Crippen LogP contribution < -0.4 is 0 Å². The number of amides is 3. The molecule has 114 valence electrons. The zero-order valence-electron chi connectivity index (χ0n) is 11.9. The zero-order valence-corrected chi connectivity index (χ0v) is 12.7. The molecule has 0 spiro atoms. The molecule has 5 nitrogen and oxygen atoms in total. The fourth-order valence-corrected chi connectivity index (χ4v) is 3.59. The number of benzene rings is 1. The van der Waals surface area contributed by atoms with Crippen molar-refractivity contribution in [3.05, 3.63) is 34.3 Å². The lowest BCUT2D eigenvalue weighted by Crippen LogP contribution is -2.42. The number of fused-ring (bicyclic) bond motifs is 1. The maximum Gasteiger partial charge on any atom is 0.263 e. The van der Waals surface area contributed by atoms with Gasteiger partial charge in [0.2, 0.25) is 5.91 Å². The van der Waals surface area contributed by atoms with Gasteiger partial charge in [-0.25, -0.2) is 0 Å². The largest absolute Gasteiger partial charge is 0.340 e. The number of rotatable bonds is 2. The van der Waals surface area contributed by atoms with Crippen LogP contribution in [0, 0.1) is 5.92 Å². The molecule has 1 saturated carbocycles. The Kier molecular flexibility index (Phi) is 3.01. The van der Waals surface area contributed by atoms with Crippen LogP contribution in [-0.2, 0) is 4.79 Å².